The molecule has 0 aliphatic carbocycles. The zero-order valence-electron chi connectivity index (χ0n) is 12.5. The van der Waals surface area contributed by atoms with Crippen molar-refractivity contribution in [3.8, 4) is 28.7 Å². The molecule has 1 heterocycles. The van der Waals surface area contributed by atoms with E-state index in [2.05, 4.69) is 0 Å². The summed E-state index contributed by atoms with van der Waals surface area (Å²) in [7, 11) is 3.21. The Balaban J connectivity index is 1.96. The van der Waals surface area contributed by atoms with Crippen molar-refractivity contribution in [1.29, 1.82) is 0 Å². The minimum atomic E-state index is -0.273. The van der Waals surface area contributed by atoms with Crippen LogP contribution in [0.1, 0.15) is 23.7 Å². The second kappa shape index (κ2) is 5.67. The van der Waals surface area contributed by atoms with Crippen LogP contribution in [0.5, 0.6) is 28.7 Å². The van der Waals surface area contributed by atoms with Crippen LogP contribution in [0.2, 0.25) is 0 Å². The minimum Gasteiger partial charge on any atom is -0.508 e. The average molecular weight is 302 g/mol. The molecule has 1 aliphatic rings. The largest absolute Gasteiger partial charge is 0.508 e. The van der Waals surface area contributed by atoms with Gasteiger partial charge in [0, 0.05) is 29.3 Å². The van der Waals surface area contributed by atoms with Crippen molar-refractivity contribution in [1.82, 2.24) is 0 Å². The third kappa shape index (κ3) is 2.50. The molecule has 0 spiro atoms. The first-order chi connectivity index (χ1) is 10.6. The molecule has 0 amide bonds. The second-order valence-electron chi connectivity index (χ2n) is 5.19. The number of fused-ring (bicyclic) bond motifs is 1. The van der Waals surface area contributed by atoms with E-state index < -0.39 is 0 Å². The highest BCUT2D eigenvalue weighted by atomic mass is 16.5. The molecule has 0 aromatic heterocycles. The Labute approximate surface area is 128 Å². The second-order valence-corrected chi connectivity index (χ2v) is 5.19. The molecule has 1 aliphatic heterocycles. The predicted octanol–water partition coefficient (Wildman–Crippen LogP) is 3.18. The van der Waals surface area contributed by atoms with Crippen molar-refractivity contribution in [2.75, 3.05) is 14.2 Å². The first-order valence-corrected chi connectivity index (χ1v) is 7.05. The SMILES string of the molecule is COc1cc(OC)c2c(c1)O[C@@H](c1ccc(O)cc1O)CC2. The van der Waals surface area contributed by atoms with E-state index in [-0.39, 0.29) is 17.6 Å². The molecule has 0 bridgehead atoms. The molecular weight excluding hydrogens is 284 g/mol. The lowest BCUT2D eigenvalue weighted by Gasteiger charge is -2.28. The lowest BCUT2D eigenvalue weighted by Crippen LogP contribution is -2.16. The molecule has 0 saturated heterocycles. The van der Waals surface area contributed by atoms with Crippen LogP contribution in [0, 0.1) is 0 Å². The molecule has 116 valence electrons. The minimum absolute atomic E-state index is 0.0285. The maximum absolute atomic E-state index is 10.0. The van der Waals surface area contributed by atoms with Gasteiger partial charge in [0.05, 0.1) is 14.2 Å². The fourth-order valence-electron chi connectivity index (χ4n) is 2.76. The molecular formula is C17H18O5. The van der Waals surface area contributed by atoms with Gasteiger partial charge in [0.2, 0.25) is 0 Å². The van der Waals surface area contributed by atoms with Gasteiger partial charge in [-0.15, -0.1) is 0 Å². The van der Waals surface area contributed by atoms with E-state index in [1.165, 1.54) is 6.07 Å². The van der Waals surface area contributed by atoms with E-state index in [0.717, 1.165) is 17.7 Å². The maximum atomic E-state index is 10.0. The summed E-state index contributed by atoms with van der Waals surface area (Å²) in [6.45, 7) is 0. The van der Waals surface area contributed by atoms with Crippen LogP contribution in [0.15, 0.2) is 30.3 Å². The topological polar surface area (TPSA) is 68.2 Å². The summed E-state index contributed by atoms with van der Waals surface area (Å²) in [6, 6.07) is 8.19. The van der Waals surface area contributed by atoms with Crippen molar-refractivity contribution < 1.29 is 24.4 Å². The fourth-order valence-corrected chi connectivity index (χ4v) is 2.76. The molecule has 22 heavy (non-hydrogen) atoms. The number of phenolic OH excluding ortho intramolecular Hbond substituents is 2. The van der Waals surface area contributed by atoms with Gasteiger partial charge in [-0.2, -0.15) is 0 Å². The van der Waals surface area contributed by atoms with E-state index in [1.54, 1.807) is 26.4 Å². The van der Waals surface area contributed by atoms with Crippen LogP contribution in [-0.4, -0.2) is 24.4 Å². The molecule has 0 radical (unpaired) electrons. The molecule has 1 atom stereocenters. The Morgan fingerprint density at radius 3 is 2.59 bits per heavy atom. The van der Waals surface area contributed by atoms with Gasteiger partial charge in [0.1, 0.15) is 34.9 Å². The summed E-state index contributed by atoms with van der Waals surface area (Å²) in [4.78, 5) is 0. The Hall–Kier alpha value is -2.56. The molecule has 2 N–H and O–H groups in total. The van der Waals surface area contributed by atoms with Crippen molar-refractivity contribution >= 4 is 0 Å². The van der Waals surface area contributed by atoms with Crippen molar-refractivity contribution in [3.05, 3.63) is 41.5 Å². The standard InChI is InChI=1S/C17H18O5/c1-20-11-8-16(21-2)13-5-6-15(22-17(13)9-11)12-4-3-10(18)7-14(12)19/h3-4,7-9,15,18-19H,5-6H2,1-2H3/t15-/m1/s1. The van der Waals surface area contributed by atoms with Crippen molar-refractivity contribution in [2.24, 2.45) is 0 Å². The van der Waals surface area contributed by atoms with Gasteiger partial charge < -0.3 is 24.4 Å². The third-order valence-corrected chi connectivity index (χ3v) is 3.88. The molecule has 5 heteroatoms. The number of hydrogen-bond donors (Lipinski definition) is 2. The van der Waals surface area contributed by atoms with E-state index in [1.807, 2.05) is 12.1 Å². The number of ether oxygens (including phenoxy) is 3. The first kappa shape index (κ1) is 14.4. The van der Waals surface area contributed by atoms with Crippen LogP contribution in [0.3, 0.4) is 0 Å². The number of benzene rings is 2. The highest BCUT2D eigenvalue weighted by molar-refractivity contribution is 5.52. The molecule has 0 unspecified atom stereocenters. The normalized spacial score (nSPS) is 16.5. The molecule has 2 aromatic rings. The van der Waals surface area contributed by atoms with Crippen molar-refractivity contribution in [3.63, 3.8) is 0 Å². The van der Waals surface area contributed by atoms with E-state index in [4.69, 9.17) is 14.2 Å². The first-order valence-electron chi connectivity index (χ1n) is 7.05. The number of methoxy groups -OCH3 is 2. The number of aromatic hydroxyl groups is 2. The van der Waals surface area contributed by atoms with Gasteiger partial charge >= 0.3 is 0 Å². The molecule has 0 saturated carbocycles. The van der Waals surface area contributed by atoms with Gasteiger partial charge in [-0.25, -0.2) is 0 Å². The Bertz CT molecular complexity index is 696. The van der Waals surface area contributed by atoms with Gasteiger partial charge in [0.15, 0.2) is 0 Å². The monoisotopic (exact) mass is 302 g/mol. The van der Waals surface area contributed by atoms with Crippen LogP contribution in [-0.2, 0) is 6.42 Å². The van der Waals surface area contributed by atoms with Crippen LogP contribution >= 0.6 is 0 Å². The number of hydrogen-bond acceptors (Lipinski definition) is 5. The predicted molar refractivity (Wildman–Crippen MR) is 81.0 cm³/mol. The van der Waals surface area contributed by atoms with Gasteiger partial charge in [-0.05, 0) is 25.0 Å². The number of rotatable bonds is 3. The fraction of sp³-hybridized carbons (Fsp3) is 0.294. The summed E-state index contributed by atoms with van der Waals surface area (Å²) >= 11 is 0. The average Bonchev–Trinajstić information content (AvgIpc) is 2.53. The zero-order valence-corrected chi connectivity index (χ0v) is 12.5. The Morgan fingerprint density at radius 2 is 1.91 bits per heavy atom. The van der Waals surface area contributed by atoms with Crippen LogP contribution in [0.4, 0.5) is 0 Å². The van der Waals surface area contributed by atoms with E-state index in [9.17, 15) is 10.2 Å². The quantitative estimate of drug-likeness (QED) is 0.911. The summed E-state index contributed by atoms with van der Waals surface area (Å²) < 4.78 is 16.7. The Kier molecular flexibility index (Phi) is 3.71. The summed E-state index contributed by atoms with van der Waals surface area (Å²) in [6.07, 6.45) is 1.21. The molecule has 0 fully saturated rings. The Morgan fingerprint density at radius 1 is 1.09 bits per heavy atom. The van der Waals surface area contributed by atoms with Crippen LogP contribution < -0.4 is 14.2 Å². The lowest BCUT2D eigenvalue weighted by atomic mass is 9.96. The van der Waals surface area contributed by atoms with Gasteiger partial charge in [-0.3, -0.25) is 0 Å². The highest BCUT2D eigenvalue weighted by Crippen LogP contribution is 2.44. The third-order valence-electron chi connectivity index (χ3n) is 3.88. The molecule has 3 rings (SSSR count). The smallest absolute Gasteiger partial charge is 0.130 e. The summed E-state index contributed by atoms with van der Waals surface area (Å²) in [5.41, 5.74) is 1.66. The molecule has 2 aromatic carbocycles. The van der Waals surface area contributed by atoms with E-state index >= 15 is 0 Å². The van der Waals surface area contributed by atoms with Crippen LogP contribution in [0.25, 0.3) is 0 Å². The summed E-state index contributed by atoms with van der Waals surface area (Å²) in [5.74, 6) is 2.15. The van der Waals surface area contributed by atoms with Crippen molar-refractivity contribution in [2.45, 2.75) is 18.9 Å². The van der Waals surface area contributed by atoms with Gasteiger partial charge in [-0.1, -0.05) is 0 Å². The van der Waals surface area contributed by atoms with Gasteiger partial charge in [0.25, 0.3) is 0 Å². The lowest BCUT2D eigenvalue weighted by molar-refractivity contribution is 0.170. The van der Waals surface area contributed by atoms with E-state index in [0.29, 0.717) is 23.5 Å². The highest BCUT2D eigenvalue weighted by Gasteiger charge is 2.26. The maximum Gasteiger partial charge on any atom is 0.130 e. The zero-order chi connectivity index (χ0) is 15.7. The molecule has 5 nitrogen and oxygen atoms in total. The number of phenols is 2. The summed E-state index contributed by atoms with van der Waals surface area (Å²) in [5, 5.41) is 19.4.